The molecule has 2 aromatic carbocycles. The molecule has 1 aliphatic heterocycles. The molecule has 4 nitrogen and oxygen atoms in total. The van der Waals surface area contributed by atoms with Crippen molar-refractivity contribution in [3.05, 3.63) is 63.6 Å². The van der Waals surface area contributed by atoms with E-state index < -0.39 is 12.1 Å². The smallest absolute Gasteiger partial charge is 0.341 e. The molecule has 2 atom stereocenters. The van der Waals surface area contributed by atoms with Crippen LogP contribution in [0.4, 0.5) is 5.69 Å². The fraction of sp³-hybridized carbons (Fsp3) is 0.263. The number of benzene rings is 2. The number of hydrogen-bond donors (Lipinski definition) is 0. The summed E-state index contributed by atoms with van der Waals surface area (Å²) >= 11 is 12.0. The van der Waals surface area contributed by atoms with Gasteiger partial charge in [0.25, 0.3) is 5.91 Å². The third kappa shape index (κ3) is 3.37. The van der Waals surface area contributed by atoms with Gasteiger partial charge in [-0.05, 0) is 44.0 Å². The summed E-state index contributed by atoms with van der Waals surface area (Å²) in [7, 11) is 0. The molecule has 130 valence electrons. The summed E-state index contributed by atoms with van der Waals surface area (Å²) in [6.07, 6.45) is -0.174. The van der Waals surface area contributed by atoms with Crippen LogP contribution in [0.1, 0.15) is 29.8 Å². The van der Waals surface area contributed by atoms with Crippen molar-refractivity contribution >= 4 is 40.8 Å². The Labute approximate surface area is 156 Å². The fourth-order valence-electron chi connectivity index (χ4n) is 3.06. The third-order valence-corrected chi connectivity index (χ3v) is 4.87. The van der Waals surface area contributed by atoms with Crippen LogP contribution in [0.2, 0.25) is 10.0 Å². The van der Waals surface area contributed by atoms with Crippen LogP contribution in [0.25, 0.3) is 0 Å². The second kappa shape index (κ2) is 7.06. The van der Waals surface area contributed by atoms with Crippen LogP contribution in [0.15, 0.2) is 42.5 Å². The Morgan fingerprint density at radius 3 is 2.44 bits per heavy atom. The van der Waals surface area contributed by atoms with Crippen LogP contribution in [-0.2, 0) is 16.0 Å². The van der Waals surface area contributed by atoms with E-state index in [0.29, 0.717) is 0 Å². The van der Waals surface area contributed by atoms with Crippen LogP contribution in [0.3, 0.4) is 0 Å². The zero-order valence-electron chi connectivity index (χ0n) is 13.8. The van der Waals surface area contributed by atoms with Crippen molar-refractivity contribution in [1.82, 2.24) is 0 Å². The summed E-state index contributed by atoms with van der Waals surface area (Å²) in [6.45, 7) is 3.52. The Morgan fingerprint density at radius 2 is 1.76 bits per heavy atom. The molecule has 2 aromatic rings. The number of nitrogens with zero attached hydrogens (tertiary/aromatic N) is 1. The van der Waals surface area contributed by atoms with E-state index in [2.05, 4.69) is 0 Å². The maximum Gasteiger partial charge on any atom is 0.341 e. The summed E-state index contributed by atoms with van der Waals surface area (Å²) in [6, 6.07) is 12.5. The van der Waals surface area contributed by atoms with Crippen LogP contribution < -0.4 is 4.90 Å². The molecule has 25 heavy (non-hydrogen) atoms. The van der Waals surface area contributed by atoms with Crippen LogP contribution >= 0.6 is 23.2 Å². The largest absolute Gasteiger partial charge is 0.449 e. The zero-order chi connectivity index (χ0) is 18.1. The van der Waals surface area contributed by atoms with Gasteiger partial charge in [-0.3, -0.25) is 4.79 Å². The molecule has 6 heteroatoms. The number of esters is 1. The van der Waals surface area contributed by atoms with Gasteiger partial charge in [-0.2, -0.15) is 0 Å². The van der Waals surface area contributed by atoms with E-state index in [-0.39, 0.29) is 27.6 Å². The molecular formula is C19H17Cl2NO3. The lowest BCUT2D eigenvalue weighted by atomic mass is 10.1. The van der Waals surface area contributed by atoms with Crippen molar-refractivity contribution in [2.75, 3.05) is 4.90 Å². The molecule has 0 N–H and O–H groups in total. The highest BCUT2D eigenvalue weighted by Gasteiger charge is 2.34. The minimum Gasteiger partial charge on any atom is -0.449 e. The second-order valence-corrected chi connectivity index (χ2v) is 6.85. The lowest BCUT2D eigenvalue weighted by molar-refractivity contribution is -0.126. The van der Waals surface area contributed by atoms with Gasteiger partial charge in [-0.15, -0.1) is 0 Å². The molecule has 0 fully saturated rings. The summed E-state index contributed by atoms with van der Waals surface area (Å²) in [5.41, 5.74) is 2.04. The average molecular weight is 378 g/mol. The van der Waals surface area contributed by atoms with E-state index >= 15 is 0 Å². The van der Waals surface area contributed by atoms with Crippen molar-refractivity contribution < 1.29 is 14.3 Å². The monoisotopic (exact) mass is 377 g/mol. The van der Waals surface area contributed by atoms with Gasteiger partial charge >= 0.3 is 5.97 Å². The maximum atomic E-state index is 12.8. The number of rotatable bonds is 3. The van der Waals surface area contributed by atoms with Gasteiger partial charge in [0, 0.05) is 11.7 Å². The number of hydrogen-bond acceptors (Lipinski definition) is 3. The molecule has 1 heterocycles. The predicted octanol–water partition coefficient (Wildman–Crippen LogP) is 4.52. The Hall–Kier alpha value is -2.04. The molecule has 0 spiro atoms. The van der Waals surface area contributed by atoms with E-state index in [1.807, 2.05) is 31.2 Å². The number of carbonyl (C=O) groups excluding carboxylic acids is 2. The number of fused-ring (bicyclic) bond motifs is 1. The SMILES string of the molecule is C[C@H](OC(=O)c1c(Cl)cccc1Cl)C(=O)N1c2ccccc2C[C@@H]1C. The molecule has 1 amide bonds. The quantitative estimate of drug-likeness (QED) is 0.738. The summed E-state index contributed by atoms with van der Waals surface area (Å²) in [4.78, 5) is 26.9. The van der Waals surface area contributed by atoms with Crippen molar-refractivity contribution in [1.29, 1.82) is 0 Å². The van der Waals surface area contributed by atoms with Crippen LogP contribution in [0.5, 0.6) is 0 Å². The first-order valence-electron chi connectivity index (χ1n) is 7.96. The second-order valence-electron chi connectivity index (χ2n) is 6.03. The highest BCUT2D eigenvalue weighted by Crippen LogP contribution is 2.33. The topological polar surface area (TPSA) is 46.6 Å². The van der Waals surface area contributed by atoms with E-state index in [1.165, 1.54) is 0 Å². The highest BCUT2D eigenvalue weighted by atomic mass is 35.5. The van der Waals surface area contributed by atoms with Crippen molar-refractivity contribution in [3.8, 4) is 0 Å². The average Bonchev–Trinajstić information content (AvgIpc) is 2.89. The van der Waals surface area contributed by atoms with Crippen molar-refractivity contribution in [2.24, 2.45) is 0 Å². The van der Waals surface area contributed by atoms with Crippen LogP contribution in [0, 0.1) is 0 Å². The standard InChI is InChI=1S/C19H17Cl2NO3/c1-11-10-13-6-3-4-9-16(13)22(11)18(23)12(2)25-19(24)17-14(20)7-5-8-15(17)21/h3-9,11-12H,10H2,1-2H3/t11-,12-/m0/s1. The molecule has 0 saturated carbocycles. The molecule has 0 radical (unpaired) electrons. The van der Waals surface area contributed by atoms with Crippen molar-refractivity contribution in [2.45, 2.75) is 32.4 Å². The Morgan fingerprint density at radius 1 is 1.12 bits per heavy atom. The Kier molecular flexibility index (Phi) is 5.02. The minimum atomic E-state index is -0.951. The number of amides is 1. The lowest BCUT2D eigenvalue weighted by Crippen LogP contribution is -2.43. The number of halogens is 2. The van der Waals surface area contributed by atoms with E-state index in [0.717, 1.165) is 17.7 Å². The zero-order valence-corrected chi connectivity index (χ0v) is 15.3. The first kappa shape index (κ1) is 17.8. The lowest BCUT2D eigenvalue weighted by Gasteiger charge is -2.26. The molecule has 0 aromatic heterocycles. The number of ether oxygens (including phenoxy) is 1. The molecule has 0 aliphatic carbocycles. The first-order chi connectivity index (χ1) is 11.9. The van der Waals surface area contributed by atoms with Gasteiger partial charge < -0.3 is 9.64 Å². The van der Waals surface area contributed by atoms with Crippen molar-refractivity contribution in [3.63, 3.8) is 0 Å². The molecular weight excluding hydrogens is 361 g/mol. The molecule has 3 rings (SSSR count). The Bertz CT molecular complexity index is 817. The highest BCUT2D eigenvalue weighted by molar-refractivity contribution is 6.39. The van der Waals surface area contributed by atoms with Gasteiger partial charge in [-0.25, -0.2) is 4.79 Å². The van der Waals surface area contributed by atoms with Gasteiger partial charge in [0.2, 0.25) is 0 Å². The van der Waals surface area contributed by atoms with Gasteiger partial charge in [-0.1, -0.05) is 47.5 Å². The van der Waals surface area contributed by atoms with Gasteiger partial charge in [0.05, 0.1) is 15.6 Å². The number of anilines is 1. The fourth-order valence-corrected chi connectivity index (χ4v) is 3.61. The molecule has 0 saturated heterocycles. The maximum absolute atomic E-state index is 12.8. The molecule has 1 aliphatic rings. The molecule has 0 bridgehead atoms. The van der Waals surface area contributed by atoms with Gasteiger partial charge in [0.1, 0.15) is 0 Å². The number of para-hydroxylation sites is 1. The normalized spacial score (nSPS) is 17.1. The first-order valence-corrected chi connectivity index (χ1v) is 8.71. The van der Waals surface area contributed by atoms with Crippen LogP contribution in [-0.4, -0.2) is 24.0 Å². The van der Waals surface area contributed by atoms with E-state index in [4.69, 9.17) is 27.9 Å². The summed E-state index contributed by atoms with van der Waals surface area (Å²) < 4.78 is 5.34. The van der Waals surface area contributed by atoms with E-state index in [9.17, 15) is 9.59 Å². The van der Waals surface area contributed by atoms with E-state index in [1.54, 1.807) is 30.0 Å². The molecule has 0 unspecified atom stereocenters. The number of carbonyl (C=O) groups is 2. The Balaban J connectivity index is 1.79. The summed E-state index contributed by atoms with van der Waals surface area (Å²) in [5.74, 6) is -0.981. The third-order valence-electron chi connectivity index (χ3n) is 4.24. The van der Waals surface area contributed by atoms with Gasteiger partial charge in [0.15, 0.2) is 6.10 Å². The minimum absolute atomic E-state index is 0.00922. The summed E-state index contributed by atoms with van der Waals surface area (Å²) in [5, 5.41) is 0.383. The predicted molar refractivity (Wildman–Crippen MR) is 98.4 cm³/mol.